The molecular formula is C25H26N4O2. The first-order chi connectivity index (χ1) is 15.1. The molecule has 6 nitrogen and oxygen atoms in total. The zero-order chi connectivity index (χ0) is 21.6. The van der Waals surface area contributed by atoms with E-state index < -0.39 is 0 Å². The number of rotatable bonds is 5. The molecule has 0 atom stereocenters. The molecule has 2 saturated heterocycles. The van der Waals surface area contributed by atoms with E-state index in [1.165, 1.54) is 5.56 Å². The minimum Gasteiger partial charge on any atom is -0.337 e. The smallest absolute Gasteiger partial charge is 0.246 e. The van der Waals surface area contributed by atoms with E-state index >= 15 is 0 Å². The third-order valence-corrected chi connectivity index (χ3v) is 5.87. The number of anilines is 1. The lowest BCUT2D eigenvalue weighted by atomic mass is 10.1. The van der Waals surface area contributed by atoms with Gasteiger partial charge in [-0.25, -0.2) is 0 Å². The zero-order valence-electron chi connectivity index (χ0n) is 17.5. The van der Waals surface area contributed by atoms with E-state index in [4.69, 9.17) is 5.26 Å². The lowest BCUT2D eigenvalue weighted by Crippen LogP contribution is -2.47. The molecule has 2 aliphatic heterocycles. The van der Waals surface area contributed by atoms with Crippen molar-refractivity contribution in [1.29, 1.82) is 5.26 Å². The molecule has 31 heavy (non-hydrogen) atoms. The van der Waals surface area contributed by atoms with E-state index in [0.717, 1.165) is 43.9 Å². The third kappa shape index (κ3) is 5.19. The van der Waals surface area contributed by atoms with E-state index in [2.05, 4.69) is 11.0 Å². The van der Waals surface area contributed by atoms with Gasteiger partial charge in [0.2, 0.25) is 11.8 Å². The molecule has 4 rings (SSSR count). The van der Waals surface area contributed by atoms with Crippen LogP contribution in [0.1, 0.15) is 29.5 Å². The first-order valence-corrected chi connectivity index (χ1v) is 10.7. The highest BCUT2D eigenvalue weighted by molar-refractivity contribution is 5.95. The van der Waals surface area contributed by atoms with Crippen molar-refractivity contribution in [2.75, 3.05) is 37.6 Å². The Morgan fingerprint density at radius 1 is 0.968 bits per heavy atom. The molecule has 0 bridgehead atoms. The number of nitrogens with zero attached hydrogens (tertiary/aromatic N) is 4. The van der Waals surface area contributed by atoms with Crippen molar-refractivity contribution in [3.8, 4) is 6.07 Å². The quantitative estimate of drug-likeness (QED) is 0.706. The van der Waals surface area contributed by atoms with Gasteiger partial charge in [0.15, 0.2) is 0 Å². The number of piperazine rings is 1. The minimum absolute atomic E-state index is 0.0248. The third-order valence-electron chi connectivity index (χ3n) is 5.87. The lowest BCUT2D eigenvalue weighted by molar-refractivity contribution is -0.127. The number of benzene rings is 2. The first-order valence-electron chi connectivity index (χ1n) is 10.7. The van der Waals surface area contributed by atoms with Crippen LogP contribution in [-0.4, -0.2) is 54.3 Å². The maximum absolute atomic E-state index is 12.6. The van der Waals surface area contributed by atoms with Crippen molar-refractivity contribution in [3.63, 3.8) is 0 Å². The first kappa shape index (κ1) is 20.8. The monoisotopic (exact) mass is 414 g/mol. The summed E-state index contributed by atoms with van der Waals surface area (Å²) in [6, 6.07) is 17.6. The van der Waals surface area contributed by atoms with Crippen LogP contribution in [0.15, 0.2) is 54.6 Å². The summed E-state index contributed by atoms with van der Waals surface area (Å²) in [5.41, 5.74) is 3.72. The van der Waals surface area contributed by atoms with Crippen molar-refractivity contribution in [1.82, 2.24) is 9.80 Å². The average Bonchev–Trinajstić information content (AvgIpc) is 3.24. The highest BCUT2D eigenvalue weighted by Gasteiger charge is 2.21. The summed E-state index contributed by atoms with van der Waals surface area (Å²) in [5.74, 6) is 0.202. The van der Waals surface area contributed by atoms with Gasteiger partial charge in [0.1, 0.15) is 0 Å². The fraction of sp³-hybridized carbons (Fsp3) is 0.320. The molecule has 0 radical (unpaired) electrons. The molecule has 2 aromatic rings. The minimum atomic E-state index is 0.0248. The molecule has 6 heteroatoms. The van der Waals surface area contributed by atoms with Crippen molar-refractivity contribution < 1.29 is 9.59 Å². The van der Waals surface area contributed by atoms with Crippen molar-refractivity contribution >= 4 is 23.6 Å². The second-order valence-corrected chi connectivity index (χ2v) is 7.98. The predicted octanol–water partition coefficient (Wildman–Crippen LogP) is 3.04. The SMILES string of the molecule is N#Cc1ccc(CN2CCN(C(=O)/C=C/c3ccc(N4CCCC4=O)cc3)CC2)cc1. The zero-order valence-corrected chi connectivity index (χ0v) is 17.5. The van der Waals surface area contributed by atoms with Gasteiger partial charge in [-0.05, 0) is 47.9 Å². The van der Waals surface area contributed by atoms with Gasteiger partial charge in [0.25, 0.3) is 0 Å². The van der Waals surface area contributed by atoms with Crippen molar-refractivity contribution in [2.45, 2.75) is 19.4 Å². The average molecular weight is 415 g/mol. The number of nitriles is 1. The predicted molar refractivity (Wildman–Crippen MR) is 120 cm³/mol. The second kappa shape index (κ2) is 9.59. The van der Waals surface area contributed by atoms with E-state index in [-0.39, 0.29) is 11.8 Å². The normalized spacial score (nSPS) is 17.3. The maximum atomic E-state index is 12.6. The Labute approximate surface area is 183 Å². The number of hydrogen-bond donors (Lipinski definition) is 0. The largest absolute Gasteiger partial charge is 0.337 e. The highest BCUT2D eigenvalue weighted by atomic mass is 16.2. The molecule has 2 fully saturated rings. The fourth-order valence-corrected chi connectivity index (χ4v) is 4.03. The molecule has 0 N–H and O–H groups in total. The molecule has 0 aliphatic carbocycles. The van der Waals surface area contributed by atoms with E-state index in [9.17, 15) is 9.59 Å². The standard InChI is InChI=1S/C25H26N4O2/c26-18-21-3-5-22(6-4-21)19-27-14-16-28(17-15-27)24(30)12-9-20-7-10-23(11-8-20)29-13-1-2-25(29)31/h3-12H,1-2,13-17,19H2/b12-9+. The topological polar surface area (TPSA) is 67.7 Å². The summed E-state index contributed by atoms with van der Waals surface area (Å²) in [4.78, 5) is 30.4. The van der Waals surface area contributed by atoms with Gasteiger partial charge >= 0.3 is 0 Å². The molecule has 158 valence electrons. The Kier molecular flexibility index (Phi) is 6.44. The van der Waals surface area contributed by atoms with Crippen LogP contribution in [0.2, 0.25) is 0 Å². The molecule has 0 unspecified atom stereocenters. The Balaban J connectivity index is 1.26. The van der Waals surface area contributed by atoms with Gasteiger partial charge in [0.05, 0.1) is 11.6 Å². The van der Waals surface area contributed by atoms with Gasteiger partial charge in [-0.3, -0.25) is 14.5 Å². The van der Waals surface area contributed by atoms with E-state index in [1.807, 2.05) is 64.4 Å². The van der Waals surface area contributed by atoms with E-state index in [0.29, 0.717) is 25.1 Å². The van der Waals surface area contributed by atoms with E-state index in [1.54, 1.807) is 6.08 Å². The molecule has 2 aliphatic rings. The fourth-order valence-electron chi connectivity index (χ4n) is 4.03. The van der Waals surface area contributed by atoms with Crippen LogP contribution in [0.3, 0.4) is 0 Å². The van der Waals surface area contributed by atoms with Crippen LogP contribution in [0.25, 0.3) is 6.08 Å². The molecule has 0 saturated carbocycles. The summed E-state index contributed by atoms with van der Waals surface area (Å²) < 4.78 is 0. The number of carbonyl (C=O) groups excluding carboxylic acids is 2. The summed E-state index contributed by atoms with van der Waals surface area (Å²) in [6.45, 7) is 4.68. The molecule has 0 spiro atoms. The van der Waals surface area contributed by atoms with Crippen molar-refractivity contribution in [2.24, 2.45) is 0 Å². The number of amides is 2. The Bertz CT molecular complexity index is 997. The molecule has 2 amide bonds. The van der Waals surface area contributed by atoms with Crippen LogP contribution in [0.5, 0.6) is 0 Å². The Morgan fingerprint density at radius 3 is 2.29 bits per heavy atom. The molecule has 2 heterocycles. The van der Waals surface area contributed by atoms with Gasteiger partial charge in [-0.2, -0.15) is 5.26 Å². The maximum Gasteiger partial charge on any atom is 0.246 e. The highest BCUT2D eigenvalue weighted by Crippen LogP contribution is 2.22. The number of carbonyl (C=O) groups is 2. The molecule has 2 aromatic carbocycles. The van der Waals surface area contributed by atoms with Gasteiger partial charge in [0, 0.05) is 57.5 Å². The van der Waals surface area contributed by atoms with Crippen LogP contribution >= 0.6 is 0 Å². The van der Waals surface area contributed by atoms with Crippen LogP contribution < -0.4 is 4.90 Å². The lowest BCUT2D eigenvalue weighted by Gasteiger charge is -2.34. The Morgan fingerprint density at radius 2 is 1.68 bits per heavy atom. The molecule has 0 aromatic heterocycles. The van der Waals surface area contributed by atoms with Crippen molar-refractivity contribution in [3.05, 3.63) is 71.3 Å². The van der Waals surface area contributed by atoms with Gasteiger partial charge in [-0.15, -0.1) is 0 Å². The van der Waals surface area contributed by atoms with Gasteiger partial charge in [-0.1, -0.05) is 24.3 Å². The van der Waals surface area contributed by atoms with Crippen LogP contribution in [-0.2, 0) is 16.1 Å². The summed E-state index contributed by atoms with van der Waals surface area (Å²) in [5, 5.41) is 8.90. The second-order valence-electron chi connectivity index (χ2n) is 7.98. The Hall–Kier alpha value is -3.43. The summed E-state index contributed by atoms with van der Waals surface area (Å²) in [7, 11) is 0. The molecular weight excluding hydrogens is 388 g/mol. The summed E-state index contributed by atoms with van der Waals surface area (Å²) in [6.07, 6.45) is 5.00. The van der Waals surface area contributed by atoms with Gasteiger partial charge < -0.3 is 9.80 Å². The summed E-state index contributed by atoms with van der Waals surface area (Å²) >= 11 is 0. The van der Waals surface area contributed by atoms with Crippen LogP contribution in [0.4, 0.5) is 5.69 Å². The van der Waals surface area contributed by atoms with Crippen LogP contribution in [0, 0.1) is 11.3 Å². The number of hydrogen-bond acceptors (Lipinski definition) is 4.